The van der Waals surface area contributed by atoms with Crippen molar-refractivity contribution in [3.8, 4) is 0 Å². The zero-order valence-electron chi connectivity index (χ0n) is 30.6. The van der Waals surface area contributed by atoms with Gasteiger partial charge in [0.05, 0.1) is 0 Å². The standard InChI is InChI=1S/C44H70O2/c1-5-8-9-10-11-12-13-14-15-16-17-18-19-20-21-22-23-24-25-26-39(36-38-27-29-41(30-28-38)43(45)6-2)35-37(4)40-31-33-42(34-32-40)44(46)7-3/h27-34,37,39H,5-26,35-36H2,1-4H3. The Kier molecular flexibility index (Phi) is 22.4. The third-order valence-electron chi connectivity index (χ3n) is 10.1. The normalized spacial score (nSPS) is 12.7. The van der Waals surface area contributed by atoms with E-state index in [-0.39, 0.29) is 11.6 Å². The Morgan fingerprint density at radius 1 is 0.500 bits per heavy atom. The van der Waals surface area contributed by atoms with Gasteiger partial charge in [-0.15, -0.1) is 0 Å². The van der Waals surface area contributed by atoms with Crippen molar-refractivity contribution in [2.45, 2.75) is 188 Å². The average Bonchev–Trinajstić information content (AvgIpc) is 3.08. The second-order valence-electron chi connectivity index (χ2n) is 14.2. The maximum Gasteiger partial charge on any atom is 0.162 e. The highest BCUT2D eigenvalue weighted by molar-refractivity contribution is 5.96. The fourth-order valence-corrected chi connectivity index (χ4v) is 7.02. The summed E-state index contributed by atoms with van der Waals surface area (Å²) in [5.74, 6) is 1.50. The number of carbonyl (C=O) groups excluding carboxylic acids is 2. The molecule has 0 spiro atoms. The lowest BCUT2D eigenvalue weighted by atomic mass is 9.83. The lowest BCUT2D eigenvalue weighted by Gasteiger charge is -2.22. The summed E-state index contributed by atoms with van der Waals surface area (Å²) in [4.78, 5) is 24.2. The molecule has 0 saturated carbocycles. The molecule has 0 heterocycles. The Morgan fingerprint density at radius 3 is 1.26 bits per heavy atom. The molecule has 0 fully saturated rings. The van der Waals surface area contributed by atoms with Gasteiger partial charge in [-0.25, -0.2) is 0 Å². The number of carbonyl (C=O) groups is 2. The summed E-state index contributed by atoms with van der Waals surface area (Å²) in [5, 5.41) is 0. The molecule has 0 aliphatic rings. The Morgan fingerprint density at radius 2 is 0.870 bits per heavy atom. The zero-order valence-corrected chi connectivity index (χ0v) is 30.6. The van der Waals surface area contributed by atoms with Crippen LogP contribution in [0.4, 0.5) is 0 Å². The van der Waals surface area contributed by atoms with Crippen LogP contribution in [0.1, 0.15) is 213 Å². The Labute approximate surface area is 284 Å². The Balaban J connectivity index is 1.65. The largest absolute Gasteiger partial charge is 0.294 e. The van der Waals surface area contributed by atoms with E-state index in [0.717, 1.165) is 24.0 Å². The van der Waals surface area contributed by atoms with E-state index in [1.54, 1.807) is 0 Å². The number of benzene rings is 2. The molecule has 2 nitrogen and oxygen atoms in total. The molecule has 2 aromatic carbocycles. The molecule has 46 heavy (non-hydrogen) atoms. The van der Waals surface area contributed by atoms with Gasteiger partial charge in [0.25, 0.3) is 0 Å². The molecular formula is C44H70O2. The Hall–Kier alpha value is -2.22. The summed E-state index contributed by atoms with van der Waals surface area (Å²) in [6, 6.07) is 16.7. The highest BCUT2D eigenvalue weighted by Crippen LogP contribution is 2.30. The van der Waals surface area contributed by atoms with Crippen LogP contribution in [0, 0.1) is 5.92 Å². The summed E-state index contributed by atoms with van der Waals surface area (Å²) in [5.41, 5.74) is 4.32. The van der Waals surface area contributed by atoms with Gasteiger partial charge in [-0.05, 0) is 35.8 Å². The van der Waals surface area contributed by atoms with Crippen LogP contribution >= 0.6 is 0 Å². The predicted octanol–water partition coefficient (Wildman–Crippen LogP) is 14.0. The van der Waals surface area contributed by atoms with Crippen LogP contribution in [-0.4, -0.2) is 11.6 Å². The van der Waals surface area contributed by atoms with Crippen molar-refractivity contribution in [1.82, 2.24) is 0 Å². The third kappa shape index (κ3) is 17.6. The van der Waals surface area contributed by atoms with Gasteiger partial charge in [0, 0.05) is 24.0 Å². The monoisotopic (exact) mass is 631 g/mol. The fourth-order valence-electron chi connectivity index (χ4n) is 7.02. The van der Waals surface area contributed by atoms with Crippen molar-refractivity contribution < 1.29 is 9.59 Å². The predicted molar refractivity (Wildman–Crippen MR) is 200 cm³/mol. The molecule has 2 heteroatoms. The number of ketones is 2. The molecule has 2 aromatic rings. The maximum atomic E-state index is 12.1. The second-order valence-corrected chi connectivity index (χ2v) is 14.2. The molecule has 2 rings (SSSR count). The van der Waals surface area contributed by atoms with E-state index in [4.69, 9.17) is 0 Å². The minimum absolute atomic E-state index is 0.214. The summed E-state index contributed by atoms with van der Waals surface area (Å²) >= 11 is 0. The molecular weight excluding hydrogens is 560 g/mol. The summed E-state index contributed by atoms with van der Waals surface area (Å²) in [7, 11) is 0. The van der Waals surface area contributed by atoms with Crippen LogP contribution in [0.25, 0.3) is 0 Å². The fraction of sp³-hybridized carbons (Fsp3) is 0.682. The van der Waals surface area contributed by atoms with Gasteiger partial charge in [-0.1, -0.05) is 205 Å². The second kappa shape index (κ2) is 25.8. The van der Waals surface area contributed by atoms with Gasteiger partial charge in [-0.3, -0.25) is 9.59 Å². The van der Waals surface area contributed by atoms with E-state index < -0.39 is 0 Å². The van der Waals surface area contributed by atoms with Crippen LogP contribution in [0.2, 0.25) is 0 Å². The molecule has 258 valence electrons. The summed E-state index contributed by atoms with van der Waals surface area (Å²) < 4.78 is 0. The van der Waals surface area contributed by atoms with Crippen LogP contribution in [-0.2, 0) is 6.42 Å². The van der Waals surface area contributed by atoms with Gasteiger partial charge in [0.1, 0.15) is 0 Å². The summed E-state index contributed by atoms with van der Waals surface area (Å²) in [6.07, 6.45) is 31.4. The quantitative estimate of drug-likeness (QED) is 0.0662. The molecule has 2 atom stereocenters. The average molecular weight is 631 g/mol. The molecule has 0 aromatic heterocycles. The van der Waals surface area contributed by atoms with Crippen LogP contribution in [0.5, 0.6) is 0 Å². The summed E-state index contributed by atoms with van der Waals surface area (Å²) in [6.45, 7) is 8.49. The SMILES string of the molecule is CCCCCCCCCCCCCCCCCCCCCC(Cc1ccc(C(=O)CC)cc1)CC(C)c1ccc(C(=O)CC)cc1. The van der Waals surface area contributed by atoms with Gasteiger partial charge < -0.3 is 0 Å². The van der Waals surface area contributed by atoms with E-state index >= 15 is 0 Å². The Bertz CT molecular complexity index is 1030. The number of Topliss-reactive ketones (excluding diaryl/α,β-unsaturated/α-hetero) is 2. The first-order chi connectivity index (χ1) is 22.5. The van der Waals surface area contributed by atoms with Gasteiger partial charge in [0.15, 0.2) is 11.6 Å². The molecule has 0 N–H and O–H groups in total. The molecule has 0 saturated heterocycles. The van der Waals surface area contributed by atoms with E-state index in [2.05, 4.69) is 38.1 Å². The number of hydrogen-bond donors (Lipinski definition) is 0. The van der Waals surface area contributed by atoms with Crippen molar-refractivity contribution in [3.05, 3.63) is 70.8 Å². The van der Waals surface area contributed by atoms with E-state index in [1.807, 2.05) is 38.1 Å². The van der Waals surface area contributed by atoms with Crippen molar-refractivity contribution in [3.63, 3.8) is 0 Å². The molecule has 0 aliphatic heterocycles. The third-order valence-corrected chi connectivity index (χ3v) is 10.1. The van der Waals surface area contributed by atoms with E-state index in [1.165, 1.54) is 140 Å². The minimum Gasteiger partial charge on any atom is -0.294 e. The lowest BCUT2D eigenvalue weighted by Crippen LogP contribution is -2.10. The van der Waals surface area contributed by atoms with Crippen molar-refractivity contribution >= 4 is 11.6 Å². The number of unbranched alkanes of at least 4 members (excludes halogenated alkanes) is 18. The first kappa shape index (κ1) is 40.0. The van der Waals surface area contributed by atoms with Crippen molar-refractivity contribution in [2.75, 3.05) is 0 Å². The topological polar surface area (TPSA) is 34.1 Å². The number of hydrogen-bond acceptors (Lipinski definition) is 2. The van der Waals surface area contributed by atoms with Crippen LogP contribution in [0.3, 0.4) is 0 Å². The minimum atomic E-state index is 0.214. The molecule has 0 radical (unpaired) electrons. The van der Waals surface area contributed by atoms with Crippen LogP contribution < -0.4 is 0 Å². The van der Waals surface area contributed by atoms with Gasteiger partial charge in [-0.2, -0.15) is 0 Å². The molecule has 0 bridgehead atoms. The molecule has 0 amide bonds. The maximum absolute atomic E-state index is 12.1. The van der Waals surface area contributed by atoms with Crippen molar-refractivity contribution in [2.24, 2.45) is 5.92 Å². The van der Waals surface area contributed by atoms with Gasteiger partial charge in [0.2, 0.25) is 0 Å². The van der Waals surface area contributed by atoms with E-state index in [0.29, 0.717) is 24.7 Å². The zero-order chi connectivity index (χ0) is 33.2. The smallest absolute Gasteiger partial charge is 0.162 e. The van der Waals surface area contributed by atoms with Crippen LogP contribution in [0.15, 0.2) is 48.5 Å². The lowest BCUT2D eigenvalue weighted by molar-refractivity contribution is 0.0980. The highest BCUT2D eigenvalue weighted by atomic mass is 16.1. The van der Waals surface area contributed by atoms with Gasteiger partial charge >= 0.3 is 0 Å². The van der Waals surface area contributed by atoms with E-state index in [9.17, 15) is 9.59 Å². The highest BCUT2D eigenvalue weighted by Gasteiger charge is 2.17. The molecule has 0 aliphatic carbocycles. The number of rotatable bonds is 29. The first-order valence-electron chi connectivity index (χ1n) is 19.7. The first-order valence-corrected chi connectivity index (χ1v) is 19.7. The molecule has 2 unspecified atom stereocenters. The van der Waals surface area contributed by atoms with Crippen molar-refractivity contribution in [1.29, 1.82) is 0 Å².